The highest BCUT2D eigenvalue weighted by molar-refractivity contribution is 7.99. The minimum atomic E-state index is -1.25. The molecule has 1 aromatic rings. The smallest absolute Gasteiger partial charge is 0.358 e. The molecule has 3 heterocycles. The van der Waals surface area contributed by atoms with Crippen LogP contribution >= 0.6 is 11.8 Å². The summed E-state index contributed by atoms with van der Waals surface area (Å²) in [7, 11) is -0.939. The quantitative estimate of drug-likeness (QED) is 0.730. The van der Waals surface area contributed by atoms with Gasteiger partial charge in [0, 0.05) is 60.0 Å². The normalized spacial score (nSPS) is 19.0. The number of thioether (sulfide) groups is 1. The largest absolute Gasteiger partial charge is 0.476 e. The maximum Gasteiger partial charge on any atom is 0.358 e. The van der Waals surface area contributed by atoms with E-state index in [0.29, 0.717) is 37.7 Å². The number of aromatic carboxylic acids is 2. The van der Waals surface area contributed by atoms with E-state index in [0.717, 1.165) is 11.5 Å². The van der Waals surface area contributed by atoms with Crippen LogP contribution in [0.15, 0.2) is 0 Å². The molecule has 2 aliphatic heterocycles. The molecule has 0 aromatic carbocycles. The summed E-state index contributed by atoms with van der Waals surface area (Å²) in [6, 6.07) is 0. The van der Waals surface area contributed by atoms with Gasteiger partial charge in [-0.05, 0) is 0 Å². The molecule has 9 nitrogen and oxygen atoms in total. The van der Waals surface area contributed by atoms with Crippen LogP contribution in [-0.2, 0) is 10.8 Å². The third kappa shape index (κ3) is 3.87. The zero-order chi connectivity index (χ0) is 18.0. The van der Waals surface area contributed by atoms with Gasteiger partial charge >= 0.3 is 11.9 Å². The van der Waals surface area contributed by atoms with Crippen LogP contribution in [0.3, 0.4) is 0 Å². The molecule has 0 unspecified atom stereocenters. The highest BCUT2D eigenvalue weighted by atomic mass is 32.2. The monoisotopic (exact) mass is 386 g/mol. The average Bonchev–Trinajstić information content (AvgIpc) is 2.62. The van der Waals surface area contributed by atoms with Crippen molar-refractivity contribution in [2.75, 3.05) is 59.0 Å². The van der Waals surface area contributed by atoms with Crippen molar-refractivity contribution in [2.45, 2.75) is 0 Å². The lowest BCUT2D eigenvalue weighted by atomic mass is 10.3. The summed E-state index contributed by atoms with van der Waals surface area (Å²) in [5, 5.41) is 19.1. The van der Waals surface area contributed by atoms with Crippen LogP contribution in [0.1, 0.15) is 21.0 Å². The topological polar surface area (TPSA) is 124 Å². The maximum absolute atomic E-state index is 11.7. The molecular formula is C14H18N4O5S2. The fourth-order valence-electron chi connectivity index (χ4n) is 2.77. The SMILES string of the molecule is O=C(O)c1nc(N2CCS(=O)CC2)c(C(=O)O)nc1N1CCSCC1. The molecule has 2 saturated heterocycles. The molecule has 1 aromatic heterocycles. The van der Waals surface area contributed by atoms with E-state index in [1.165, 1.54) is 0 Å². The van der Waals surface area contributed by atoms with Gasteiger partial charge in [-0.3, -0.25) is 4.21 Å². The molecule has 0 bridgehead atoms. The van der Waals surface area contributed by atoms with Crippen molar-refractivity contribution in [3.63, 3.8) is 0 Å². The fourth-order valence-corrected chi connectivity index (χ4v) is 4.73. The van der Waals surface area contributed by atoms with Crippen molar-refractivity contribution in [1.29, 1.82) is 0 Å². The molecule has 0 aliphatic carbocycles. The van der Waals surface area contributed by atoms with Gasteiger partial charge in [0.15, 0.2) is 23.0 Å². The molecule has 11 heteroatoms. The molecule has 2 fully saturated rings. The highest BCUT2D eigenvalue weighted by Gasteiger charge is 2.30. The Kier molecular flexibility index (Phi) is 5.42. The minimum absolute atomic E-state index is 0.0386. The maximum atomic E-state index is 11.7. The van der Waals surface area contributed by atoms with E-state index in [2.05, 4.69) is 9.97 Å². The number of hydrogen-bond donors (Lipinski definition) is 2. The van der Waals surface area contributed by atoms with E-state index in [1.54, 1.807) is 21.6 Å². The lowest BCUT2D eigenvalue weighted by molar-refractivity contribution is 0.0672. The average molecular weight is 386 g/mol. The van der Waals surface area contributed by atoms with Crippen LogP contribution in [0.4, 0.5) is 11.6 Å². The van der Waals surface area contributed by atoms with Crippen molar-refractivity contribution in [3.05, 3.63) is 11.4 Å². The first-order valence-electron chi connectivity index (χ1n) is 7.78. The highest BCUT2D eigenvalue weighted by Crippen LogP contribution is 2.27. The molecule has 0 amide bonds. The first kappa shape index (κ1) is 17.9. The van der Waals surface area contributed by atoms with Gasteiger partial charge in [0.05, 0.1) is 0 Å². The predicted octanol–water partition coefficient (Wildman–Crippen LogP) is -0.00510. The van der Waals surface area contributed by atoms with E-state index in [-0.39, 0.29) is 23.0 Å². The van der Waals surface area contributed by atoms with E-state index >= 15 is 0 Å². The number of aromatic nitrogens is 2. The molecule has 136 valence electrons. The standard InChI is InChI=1S/C14H18N4O5S2/c19-13(20)9-11(17-1-5-24-6-2-17)15-10(14(21)22)12(16-9)18-3-7-25(23)8-4-18/h1-8H2,(H,19,20)(H,21,22). The van der Waals surface area contributed by atoms with Crippen LogP contribution in [0.2, 0.25) is 0 Å². The Hall–Kier alpha value is -1.88. The second-order valence-corrected chi connectivity index (χ2v) is 8.53. The third-order valence-electron chi connectivity index (χ3n) is 4.05. The summed E-state index contributed by atoms with van der Waals surface area (Å²) in [4.78, 5) is 35.1. The van der Waals surface area contributed by atoms with Gasteiger partial charge < -0.3 is 20.0 Å². The fraction of sp³-hybridized carbons (Fsp3) is 0.571. The molecule has 0 atom stereocenters. The number of carbonyl (C=O) groups is 2. The Morgan fingerprint density at radius 1 is 0.880 bits per heavy atom. The lowest BCUT2D eigenvalue weighted by Crippen LogP contribution is -2.40. The number of hydrogen-bond acceptors (Lipinski definition) is 8. The van der Waals surface area contributed by atoms with Crippen LogP contribution < -0.4 is 9.80 Å². The number of nitrogens with zero attached hydrogens (tertiary/aromatic N) is 4. The first-order chi connectivity index (χ1) is 12.0. The van der Waals surface area contributed by atoms with Crippen molar-refractivity contribution in [1.82, 2.24) is 9.97 Å². The van der Waals surface area contributed by atoms with Gasteiger partial charge in [-0.25, -0.2) is 19.6 Å². The molecule has 0 spiro atoms. The number of anilines is 2. The number of carboxylic acids is 2. The van der Waals surface area contributed by atoms with Gasteiger partial charge in [-0.1, -0.05) is 0 Å². The summed E-state index contributed by atoms with van der Waals surface area (Å²) in [6.45, 7) is 1.92. The number of rotatable bonds is 4. The van der Waals surface area contributed by atoms with Gasteiger partial charge in [-0.2, -0.15) is 11.8 Å². The first-order valence-corrected chi connectivity index (χ1v) is 10.4. The van der Waals surface area contributed by atoms with E-state index < -0.39 is 22.7 Å². The van der Waals surface area contributed by atoms with Gasteiger partial charge in [0.1, 0.15) is 0 Å². The molecular weight excluding hydrogens is 368 g/mol. The van der Waals surface area contributed by atoms with Crippen LogP contribution in [0, 0.1) is 0 Å². The van der Waals surface area contributed by atoms with Gasteiger partial charge in [-0.15, -0.1) is 0 Å². The Bertz CT molecular complexity index is 713. The van der Waals surface area contributed by atoms with Crippen molar-refractivity contribution >= 4 is 46.1 Å². The summed E-state index contributed by atoms with van der Waals surface area (Å²) in [5.74, 6) is 0.0956. The van der Waals surface area contributed by atoms with Crippen LogP contribution in [0.25, 0.3) is 0 Å². The molecule has 2 aliphatic rings. The third-order valence-corrected chi connectivity index (χ3v) is 6.27. The zero-order valence-corrected chi connectivity index (χ0v) is 15.0. The second kappa shape index (κ2) is 7.56. The summed E-state index contributed by atoms with van der Waals surface area (Å²) in [5.41, 5.74) is -0.496. The van der Waals surface area contributed by atoms with Gasteiger partial charge in [0.25, 0.3) is 0 Å². The van der Waals surface area contributed by atoms with Gasteiger partial charge in [0.2, 0.25) is 0 Å². The Balaban J connectivity index is 2.05. The van der Waals surface area contributed by atoms with Crippen molar-refractivity contribution < 1.29 is 24.0 Å². The Labute approximate surface area is 150 Å². The summed E-state index contributed by atoms with van der Waals surface area (Å²) >= 11 is 1.75. The molecule has 3 rings (SSSR count). The van der Waals surface area contributed by atoms with Crippen molar-refractivity contribution in [2.24, 2.45) is 0 Å². The van der Waals surface area contributed by atoms with Crippen LogP contribution in [-0.4, -0.2) is 85.5 Å². The zero-order valence-electron chi connectivity index (χ0n) is 13.4. The predicted molar refractivity (Wildman–Crippen MR) is 95.6 cm³/mol. The molecule has 0 radical (unpaired) electrons. The minimum Gasteiger partial charge on any atom is -0.476 e. The van der Waals surface area contributed by atoms with E-state index in [1.807, 2.05) is 0 Å². The van der Waals surface area contributed by atoms with E-state index in [9.17, 15) is 24.0 Å². The Morgan fingerprint density at radius 2 is 1.32 bits per heavy atom. The summed E-state index contributed by atoms with van der Waals surface area (Å²) in [6.07, 6.45) is 0. The molecule has 0 saturated carbocycles. The second-order valence-electron chi connectivity index (χ2n) is 5.61. The molecule has 2 N–H and O–H groups in total. The molecule has 25 heavy (non-hydrogen) atoms. The van der Waals surface area contributed by atoms with Crippen molar-refractivity contribution in [3.8, 4) is 0 Å². The van der Waals surface area contributed by atoms with E-state index in [4.69, 9.17) is 0 Å². The lowest BCUT2D eigenvalue weighted by Gasteiger charge is -2.31. The Morgan fingerprint density at radius 3 is 1.76 bits per heavy atom. The summed E-state index contributed by atoms with van der Waals surface area (Å²) < 4.78 is 11.5. The number of carboxylic acid groups (broad SMARTS) is 2. The van der Waals surface area contributed by atoms with Crippen LogP contribution in [0.5, 0.6) is 0 Å².